The van der Waals surface area contributed by atoms with Gasteiger partial charge in [0.2, 0.25) is 0 Å². The van der Waals surface area contributed by atoms with E-state index < -0.39 is 0 Å². The highest BCUT2D eigenvalue weighted by molar-refractivity contribution is 5.92. The van der Waals surface area contributed by atoms with Crippen LogP contribution in [-0.4, -0.2) is 30.6 Å². The van der Waals surface area contributed by atoms with Gasteiger partial charge in [0.25, 0.3) is 5.91 Å². The molecule has 0 aliphatic rings. The summed E-state index contributed by atoms with van der Waals surface area (Å²) in [6.45, 7) is 4.29. The van der Waals surface area contributed by atoms with E-state index >= 15 is 0 Å². The first-order valence-corrected chi connectivity index (χ1v) is 8.12. The second-order valence-electron chi connectivity index (χ2n) is 5.83. The zero-order valence-electron chi connectivity index (χ0n) is 14.3. The van der Waals surface area contributed by atoms with Gasteiger partial charge in [-0.05, 0) is 31.9 Å². The maximum Gasteiger partial charge on any atom is 0.270 e. The minimum atomic E-state index is -0.207. The van der Waals surface area contributed by atoms with Gasteiger partial charge in [-0.1, -0.05) is 30.3 Å². The molecule has 2 heterocycles. The summed E-state index contributed by atoms with van der Waals surface area (Å²) < 4.78 is 1.75. The summed E-state index contributed by atoms with van der Waals surface area (Å²) in [5.74, 6) is 0.380. The lowest BCUT2D eigenvalue weighted by atomic mass is 10.0. The molecule has 0 aliphatic carbocycles. The number of carbonyl (C=O) groups is 1. The Kier molecular flexibility index (Phi) is 5.13. The third kappa shape index (κ3) is 4.47. The van der Waals surface area contributed by atoms with Crippen LogP contribution in [0.3, 0.4) is 0 Å². The molecule has 1 aromatic carbocycles. The molecule has 1 N–H and O–H groups in total. The van der Waals surface area contributed by atoms with Crippen molar-refractivity contribution in [2.24, 2.45) is 0 Å². The van der Waals surface area contributed by atoms with E-state index in [-0.39, 0.29) is 11.9 Å². The van der Waals surface area contributed by atoms with E-state index in [1.807, 2.05) is 37.3 Å². The molecule has 0 spiro atoms. The van der Waals surface area contributed by atoms with Crippen molar-refractivity contribution in [3.63, 3.8) is 0 Å². The first kappa shape index (κ1) is 16.8. The van der Waals surface area contributed by atoms with Crippen LogP contribution in [0.4, 0.5) is 0 Å². The molecule has 7 nitrogen and oxygen atoms in total. The Morgan fingerprint density at radius 3 is 2.68 bits per heavy atom. The molecule has 1 unspecified atom stereocenters. The maximum absolute atomic E-state index is 12.7. The number of nitrogens with one attached hydrogen (secondary N) is 1. The predicted octanol–water partition coefficient (Wildman–Crippen LogP) is 2.25. The van der Waals surface area contributed by atoms with Gasteiger partial charge >= 0.3 is 0 Å². The Morgan fingerprint density at radius 1 is 1.20 bits per heavy atom. The van der Waals surface area contributed by atoms with Crippen LogP contribution in [0.25, 0.3) is 0 Å². The highest BCUT2D eigenvalue weighted by Crippen LogP contribution is 2.18. The number of nitrogens with zero attached hydrogens (tertiary/aromatic N) is 5. The highest BCUT2D eigenvalue weighted by Gasteiger charge is 2.17. The molecule has 3 aromatic rings. The first-order valence-electron chi connectivity index (χ1n) is 8.12. The maximum atomic E-state index is 12.7. The molecule has 7 heteroatoms. The van der Waals surface area contributed by atoms with E-state index in [1.54, 1.807) is 24.0 Å². The molecule has 0 fully saturated rings. The molecule has 0 saturated carbocycles. The highest BCUT2D eigenvalue weighted by atomic mass is 16.1. The fraction of sp³-hybridized carbons (Fsp3) is 0.278. The molecule has 0 aliphatic heterocycles. The second kappa shape index (κ2) is 7.65. The summed E-state index contributed by atoms with van der Waals surface area (Å²) in [5.41, 5.74) is 2.20. The third-order valence-corrected chi connectivity index (χ3v) is 3.82. The Hall–Kier alpha value is -3.09. The normalized spacial score (nSPS) is 11.9. The topological polar surface area (TPSA) is 85.6 Å². The van der Waals surface area contributed by atoms with Gasteiger partial charge in [-0.15, -0.1) is 0 Å². The Bertz CT molecular complexity index is 812. The van der Waals surface area contributed by atoms with E-state index in [9.17, 15) is 4.79 Å². The van der Waals surface area contributed by atoms with Crippen LogP contribution in [0, 0.1) is 13.8 Å². The molecule has 0 bridgehead atoms. The number of amides is 1. The lowest BCUT2D eigenvalue weighted by Gasteiger charge is -2.19. The number of aromatic nitrogens is 5. The summed E-state index contributed by atoms with van der Waals surface area (Å²) in [5, 5.41) is 7.19. The average molecular weight is 336 g/mol. The summed E-state index contributed by atoms with van der Waals surface area (Å²) in [4.78, 5) is 25.1. The van der Waals surface area contributed by atoms with E-state index in [0.29, 0.717) is 24.5 Å². The molecule has 128 valence electrons. The zero-order chi connectivity index (χ0) is 17.6. The fourth-order valence-corrected chi connectivity index (χ4v) is 2.68. The minimum absolute atomic E-state index is 0.145. The van der Waals surface area contributed by atoms with Crippen molar-refractivity contribution in [2.75, 3.05) is 0 Å². The lowest BCUT2D eigenvalue weighted by Crippen LogP contribution is -2.30. The number of rotatable bonds is 6. The Morgan fingerprint density at radius 2 is 2.00 bits per heavy atom. The van der Waals surface area contributed by atoms with E-state index in [4.69, 9.17) is 0 Å². The number of benzene rings is 1. The van der Waals surface area contributed by atoms with Gasteiger partial charge in [0.15, 0.2) is 0 Å². The van der Waals surface area contributed by atoms with Gasteiger partial charge in [-0.3, -0.25) is 9.48 Å². The van der Waals surface area contributed by atoms with Gasteiger partial charge in [-0.2, -0.15) is 5.10 Å². The van der Waals surface area contributed by atoms with Crippen LogP contribution in [-0.2, 0) is 6.54 Å². The van der Waals surface area contributed by atoms with Crippen LogP contribution in [0.1, 0.15) is 40.0 Å². The molecule has 1 amide bonds. The summed E-state index contributed by atoms with van der Waals surface area (Å²) in [6.07, 6.45) is 3.87. The van der Waals surface area contributed by atoms with Crippen molar-refractivity contribution in [3.8, 4) is 0 Å². The average Bonchev–Trinajstić information content (AvgIpc) is 3.12. The summed E-state index contributed by atoms with van der Waals surface area (Å²) in [7, 11) is 0. The number of carbonyl (C=O) groups excluding carboxylic acids is 1. The van der Waals surface area contributed by atoms with Crippen LogP contribution in [0.15, 0.2) is 49.1 Å². The van der Waals surface area contributed by atoms with Crippen molar-refractivity contribution in [1.29, 1.82) is 0 Å². The minimum Gasteiger partial charge on any atom is -0.344 e. The molecule has 25 heavy (non-hydrogen) atoms. The van der Waals surface area contributed by atoms with E-state index in [2.05, 4.69) is 25.4 Å². The SMILES string of the molecule is Cc1cc(C(=O)NC(CCn2cncn2)c2ccccc2)nc(C)n1. The zero-order valence-corrected chi connectivity index (χ0v) is 14.3. The van der Waals surface area contributed by atoms with Crippen molar-refractivity contribution >= 4 is 5.91 Å². The van der Waals surface area contributed by atoms with Crippen LogP contribution in [0.5, 0.6) is 0 Å². The summed E-state index contributed by atoms with van der Waals surface area (Å²) >= 11 is 0. The van der Waals surface area contributed by atoms with Crippen LogP contribution in [0.2, 0.25) is 0 Å². The van der Waals surface area contributed by atoms with Gasteiger partial charge in [0, 0.05) is 12.2 Å². The van der Waals surface area contributed by atoms with E-state index in [1.165, 1.54) is 6.33 Å². The van der Waals surface area contributed by atoms with Crippen molar-refractivity contribution in [3.05, 3.63) is 71.8 Å². The lowest BCUT2D eigenvalue weighted by molar-refractivity contribution is 0.0927. The number of hydrogen-bond donors (Lipinski definition) is 1. The number of hydrogen-bond acceptors (Lipinski definition) is 5. The van der Waals surface area contributed by atoms with Crippen molar-refractivity contribution in [2.45, 2.75) is 32.9 Å². The third-order valence-electron chi connectivity index (χ3n) is 3.82. The second-order valence-corrected chi connectivity index (χ2v) is 5.83. The molecular weight excluding hydrogens is 316 g/mol. The first-order chi connectivity index (χ1) is 12.1. The Labute approximate surface area is 146 Å². The molecule has 0 saturated heterocycles. The number of aryl methyl sites for hydroxylation is 3. The Balaban J connectivity index is 1.77. The molecular formula is C18H20N6O. The smallest absolute Gasteiger partial charge is 0.270 e. The largest absolute Gasteiger partial charge is 0.344 e. The van der Waals surface area contributed by atoms with Gasteiger partial charge in [-0.25, -0.2) is 15.0 Å². The summed E-state index contributed by atoms with van der Waals surface area (Å²) in [6, 6.07) is 11.4. The fourth-order valence-electron chi connectivity index (χ4n) is 2.68. The van der Waals surface area contributed by atoms with Gasteiger partial charge < -0.3 is 5.32 Å². The van der Waals surface area contributed by atoms with Crippen molar-refractivity contribution in [1.82, 2.24) is 30.0 Å². The van der Waals surface area contributed by atoms with E-state index in [0.717, 1.165) is 11.3 Å². The predicted molar refractivity (Wildman–Crippen MR) is 92.8 cm³/mol. The standard InChI is InChI=1S/C18H20N6O/c1-13-10-17(22-14(2)21-13)18(25)23-16(15-6-4-3-5-7-15)8-9-24-12-19-11-20-24/h3-7,10-12,16H,8-9H2,1-2H3,(H,23,25). The van der Waals surface area contributed by atoms with Gasteiger partial charge in [0.1, 0.15) is 24.2 Å². The quantitative estimate of drug-likeness (QED) is 0.746. The van der Waals surface area contributed by atoms with Crippen LogP contribution >= 0.6 is 0 Å². The van der Waals surface area contributed by atoms with Crippen molar-refractivity contribution < 1.29 is 4.79 Å². The molecule has 3 rings (SSSR count). The van der Waals surface area contributed by atoms with Gasteiger partial charge in [0.05, 0.1) is 6.04 Å². The van der Waals surface area contributed by atoms with Crippen LogP contribution < -0.4 is 5.32 Å². The monoisotopic (exact) mass is 336 g/mol. The molecule has 2 aromatic heterocycles. The molecule has 1 atom stereocenters. The molecule has 0 radical (unpaired) electrons.